The van der Waals surface area contributed by atoms with E-state index in [1.54, 1.807) is 0 Å². The smallest absolute Gasteiger partial charge is 0.270 e. The van der Waals surface area contributed by atoms with Crippen molar-refractivity contribution in [3.63, 3.8) is 0 Å². The van der Waals surface area contributed by atoms with E-state index >= 15 is 0 Å². The van der Waals surface area contributed by atoms with Crippen LogP contribution in [0.1, 0.15) is 45.7 Å². The highest BCUT2D eigenvalue weighted by Crippen LogP contribution is 2.24. The number of carbonyl (C=O) groups is 1. The molecule has 1 fully saturated rings. The number of nitrogens with one attached hydrogen (secondary N) is 2. The van der Waals surface area contributed by atoms with Gasteiger partial charge in [-0.2, -0.15) is 0 Å². The Labute approximate surface area is 213 Å². The van der Waals surface area contributed by atoms with Crippen LogP contribution in [0.3, 0.4) is 0 Å². The van der Waals surface area contributed by atoms with Gasteiger partial charge in [-0.1, -0.05) is 12.0 Å². The minimum atomic E-state index is -0.114. The Morgan fingerprint density at radius 2 is 2.00 bits per heavy atom. The van der Waals surface area contributed by atoms with Crippen LogP contribution >= 0.6 is 11.3 Å². The lowest BCUT2D eigenvalue weighted by Gasteiger charge is -2.13. The normalized spacial score (nSPS) is 13.8. The van der Waals surface area contributed by atoms with Crippen LogP contribution in [0.4, 0.5) is 5.69 Å². The summed E-state index contributed by atoms with van der Waals surface area (Å²) in [5, 5.41) is 2.01. The molecule has 1 aliphatic heterocycles. The van der Waals surface area contributed by atoms with Crippen molar-refractivity contribution in [1.29, 1.82) is 0 Å². The van der Waals surface area contributed by atoms with Crippen molar-refractivity contribution < 1.29 is 4.79 Å². The van der Waals surface area contributed by atoms with Crippen LogP contribution in [0.5, 0.6) is 0 Å². The van der Waals surface area contributed by atoms with Gasteiger partial charge >= 0.3 is 0 Å². The molecule has 4 heterocycles. The molecule has 0 saturated carbocycles. The Balaban J connectivity index is 1.61. The number of likely N-dealkylation sites (tertiary alicyclic amines) is 1. The molecule has 7 nitrogen and oxygen atoms in total. The average Bonchev–Trinajstić information content (AvgIpc) is 3.62. The Hall–Kier alpha value is -4.09. The third kappa shape index (κ3) is 4.70. The van der Waals surface area contributed by atoms with Crippen LogP contribution in [0.2, 0.25) is 0 Å². The predicted octanol–water partition coefficient (Wildman–Crippen LogP) is 4.35. The second-order valence-corrected chi connectivity index (χ2v) is 9.88. The van der Waals surface area contributed by atoms with Crippen molar-refractivity contribution in [1.82, 2.24) is 19.4 Å². The van der Waals surface area contributed by atoms with E-state index in [9.17, 15) is 9.59 Å². The van der Waals surface area contributed by atoms with Gasteiger partial charge in [0.05, 0.1) is 17.9 Å². The lowest BCUT2D eigenvalue weighted by atomic mass is 10.1. The first-order chi connectivity index (χ1) is 17.4. The number of hydrogen-bond acceptors (Lipinski definition) is 4. The number of aromatic amines is 2. The fourth-order valence-corrected chi connectivity index (χ4v) is 5.50. The summed E-state index contributed by atoms with van der Waals surface area (Å²) in [5.74, 6) is 2.66. The van der Waals surface area contributed by atoms with Gasteiger partial charge in [-0.25, -0.2) is 4.99 Å². The SMILES string of the molecule is C#Cc1cccc(N=c2scc(-c3c[nH]c(C(=O)N4CCCC4)c3)n2Cc2c(C)cc(C)[nH]c2=O)c1. The Morgan fingerprint density at radius 1 is 1.19 bits per heavy atom. The molecule has 8 heteroatoms. The van der Waals surface area contributed by atoms with Crippen LogP contribution in [-0.4, -0.2) is 38.4 Å². The average molecular weight is 498 g/mol. The first-order valence-corrected chi connectivity index (χ1v) is 12.8. The molecule has 4 aromatic rings. The minimum Gasteiger partial charge on any atom is -0.357 e. The molecule has 0 aliphatic carbocycles. The van der Waals surface area contributed by atoms with Gasteiger partial charge in [0.25, 0.3) is 11.5 Å². The minimum absolute atomic E-state index is 0.0161. The van der Waals surface area contributed by atoms with E-state index in [0.29, 0.717) is 17.8 Å². The predicted molar refractivity (Wildman–Crippen MR) is 142 cm³/mol. The summed E-state index contributed by atoms with van der Waals surface area (Å²) in [6.07, 6.45) is 9.50. The van der Waals surface area contributed by atoms with Gasteiger partial charge in [0.1, 0.15) is 5.69 Å². The zero-order valence-corrected chi connectivity index (χ0v) is 21.1. The molecule has 1 aliphatic rings. The number of thiazole rings is 1. The van der Waals surface area contributed by atoms with E-state index in [-0.39, 0.29) is 11.5 Å². The number of pyridine rings is 1. The van der Waals surface area contributed by atoms with Gasteiger partial charge in [0.2, 0.25) is 0 Å². The Bertz CT molecular complexity index is 1610. The van der Waals surface area contributed by atoms with E-state index in [2.05, 4.69) is 15.9 Å². The van der Waals surface area contributed by atoms with Crippen LogP contribution in [0.25, 0.3) is 11.3 Å². The van der Waals surface area contributed by atoms with Crippen molar-refractivity contribution in [2.24, 2.45) is 4.99 Å². The maximum Gasteiger partial charge on any atom is 0.270 e. The summed E-state index contributed by atoms with van der Waals surface area (Å²) in [7, 11) is 0. The van der Waals surface area contributed by atoms with E-state index < -0.39 is 0 Å². The van der Waals surface area contributed by atoms with Gasteiger partial charge in [0.15, 0.2) is 4.80 Å². The summed E-state index contributed by atoms with van der Waals surface area (Å²) < 4.78 is 2.02. The number of nitrogens with zero attached hydrogens (tertiary/aromatic N) is 3. The van der Waals surface area contributed by atoms with Crippen molar-refractivity contribution in [3.05, 3.63) is 91.2 Å². The molecule has 3 aromatic heterocycles. The molecule has 0 atom stereocenters. The molecule has 1 amide bonds. The highest BCUT2D eigenvalue weighted by atomic mass is 32.1. The van der Waals surface area contributed by atoms with E-state index in [1.165, 1.54) is 11.3 Å². The summed E-state index contributed by atoms with van der Waals surface area (Å²) in [5.41, 5.74) is 6.09. The van der Waals surface area contributed by atoms with Gasteiger partial charge in [-0.3, -0.25) is 9.59 Å². The molecule has 0 unspecified atom stereocenters. The Morgan fingerprint density at radius 3 is 2.75 bits per heavy atom. The highest BCUT2D eigenvalue weighted by molar-refractivity contribution is 7.07. The third-order valence-electron chi connectivity index (χ3n) is 6.45. The number of aryl methyl sites for hydroxylation is 2. The molecule has 2 N–H and O–H groups in total. The molecule has 1 aromatic carbocycles. The maximum atomic E-state index is 12.9. The number of carbonyl (C=O) groups excluding carboxylic acids is 1. The van der Waals surface area contributed by atoms with Gasteiger partial charge in [-0.15, -0.1) is 17.8 Å². The maximum absolute atomic E-state index is 12.9. The molecule has 0 radical (unpaired) electrons. The van der Waals surface area contributed by atoms with E-state index in [0.717, 1.165) is 64.5 Å². The number of hydrogen-bond donors (Lipinski definition) is 2. The standard InChI is InChI=1S/C28H27N5O2S/c1-4-20-8-7-9-22(13-20)31-28-33(16-23-18(2)12-19(3)30-26(23)34)25(17-36-28)21-14-24(29-15-21)27(35)32-10-5-6-11-32/h1,7-9,12-15,17,29H,5-6,10-11,16H2,2-3H3,(H,30,34). The zero-order chi connectivity index (χ0) is 25.2. The van der Waals surface area contributed by atoms with Gasteiger partial charge < -0.3 is 19.4 Å². The number of amides is 1. The molecular weight excluding hydrogens is 470 g/mol. The number of benzene rings is 1. The quantitative estimate of drug-likeness (QED) is 0.402. The molecule has 5 rings (SSSR count). The molecule has 36 heavy (non-hydrogen) atoms. The van der Waals surface area contributed by atoms with E-state index in [4.69, 9.17) is 11.4 Å². The summed E-state index contributed by atoms with van der Waals surface area (Å²) >= 11 is 1.48. The molecule has 1 saturated heterocycles. The van der Waals surface area contributed by atoms with Crippen LogP contribution < -0.4 is 10.4 Å². The lowest BCUT2D eigenvalue weighted by Crippen LogP contribution is -2.27. The molecular formula is C28H27N5O2S. The number of terminal acetylenes is 1. The first-order valence-electron chi connectivity index (χ1n) is 11.9. The summed E-state index contributed by atoms with van der Waals surface area (Å²) in [4.78, 5) is 39.3. The summed E-state index contributed by atoms with van der Waals surface area (Å²) in [6, 6.07) is 11.4. The number of rotatable bonds is 5. The number of H-pyrrole nitrogens is 2. The monoisotopic (exact) mass is 497 g/mol. The first kappa shape index (κ1) is 23.6. The lowest BCUT2D eigenvalue weighted by molar-refractivity contribution is 0.0787. The largest absolute Gasteiger partial charge is 0.357 e. The van der Waals surface area contributed by atoms with Crippen LogP contribution in [0.15, 0.2) is 57.8 Å². The van der Waals surface area contributed by atoms with Gasteiger partial charge in [0, 0.05) is 47.1 Å². The fourth-order valence-electron chi connectivity index (χ4n) is 4.57. The molecule has 182 valence electrons. The second kappa shape index (κ2) is 9.88. The topological polar surface area (TPSA) is 86.2 Å². The second-order valence-electron chi connectivity index (χ2n) is 9.04. The van der Waals surface area contributed by atoms with Gasteiger partial charge in [-0.05, 0) is 62.6 Å². The van der Waals surface area contributed by atoms with Crippen molar-refractivity contribution in [2.45, 2.75) is 33.2 Å². The van der Waals surface area contributed by atoms with Crippen molar-refractivity contribution >= 4 is 22.9 Å². The molecule has 0 spiro atoms. The fraction of sp³-hybridized carbons (Fsp3) is 0.250. The molecule has 0 bridgehead atoms. The zero-order valence-electron chi connectivity index (χ0n) is 20.3. The van der Waals surface area contributed by atoms with Crippen LogP contribution in [0, 0.1) is 26.2 Å². The van der Waals surface area contributed by atoms with Crippen molar-refractivity contribution in [3.8, 4) is 23.6 Å². The number of aromatic nitrogens is 3. The van der Waals surface area contributed by atoms with E-state index in [1.807, 2.05) is 71.3 Å². The highest BCUT2D eigenvalue weighted by Gasteiger charge is 2.22. The van der Waals surface area contributed by atoms with Crippen LogP contribution in [-0.2, 0) is 6.54 Å². The van der Waals surface area contributed by atoms with Crippen molar-refractivity contribution in [2.75, 3.05) is 13.1 Å². The Kier molecular flexibility index (Phi) is 6.49. The summed E-state index contributed by atoms with van der Waals surface area (Å²) in [6.45, 7) is 5.75. The third-order valence-corrected chi connectivity index (χ3v) is 7.31.